The van der Waals surface area contributed by atoms with Crippen molar-refractivity contribution in [2.24, 2.45) is 11.7 Å². The van der Waals surface area contributed by atoms with Crippen LogP contribution in [0, 0.1) is 5.92 Å². The lowest BCUT2D eigenvalue weighted by atomic mass is 9.81. The van der Waals surface area contributed by atoms with E-state index in [1.54, 1.807) is 0 Å². The predicted octanol–water partition coefficient (Wildman–Crippen LogP) is 1.20. The smallest absolute Gasteiger partial charge is 0.242 e. The van der Waals surface area contributed by atoms with Gasteiger partial charge in [0.15, 0.2) is 0 Å². The third-order valence-electron chi connectivity index (χ3n) is 5.04. The van der Waals surface area contributed by atoms with Crippen LogP contribution in [-0.2, 0) is 4.79 Å². The highest BCUT2D eigenvalue weighted by molar-refractivity contribution is 5.86. The van der Waals surface area contributed by atoms with Gasteiger partial charge in [0, 0.05) is 32.7 Å². The summed E-state index contributed by atoms with van der Waals surface area (Å²) in [6.07, 6.45) is 8.05. The Labute approximate surface area is 116 Å². The molecule has 2 N–H and O–H groups in total. The fourth-order valence-corrected chi connectivity index (χ4v) is 3.51. The number of hydrogen-bond donors (Lipinski definition) is 1. The Morgan fingerprint density at radius 3 is 2.26 bits per heavy atom. The van der Waals surface area contributed by atoms with E-state index in [1.165, 1.54) is 25.8 Å². The van der Waals surface area contributed by atoms with Gasteiger partial charge in [-0.2, -0.15) is 0 Å². The van der Waals surface area contributed by atoms with E-state index in [0.29, 0.717) is 0 Å². The highest BCUT2D eigenvalue weighted by Crippen LogP contribution is 2.31. The molecular weight excluding hydrogens is 238 g/mol. The lowest BCUT2D eigenvalue weighted by Crippen LogP contribution is -2.60. The molecule has 1 amide bonds. The maximum atomic E-state index is 12.6. The van der Waals surface area contributed by atoms with E-state index in [9.17, 15) is 4.79 Å². The molecule has 0 bridgehead atoms. The van der Waals surface area contributed by atoms with Crippen molar-refractivity contribution < 1.29 is 4.79 Å². The van der Waals surface area contributed by atoms with Crippen molar-refractivity contribution in [2.45, 2.75) is 50.5 Å². The van der Waals surface area contributed by atoms with Crippen molar-refractivity contribution in [3.05, 3.63) is 0 Å². The second-order valence-corrected chi connectivity index (χ2v) is 6.75. The van der Waals surface area contributed by atoms with Crippen LogP contribution in [-0.4, -0.2) is 54.0 Å². The van der Waals surface area contributed by atoms with Crippen LogP contribution in [0.25, 0.3) is 0 Å². The first-order chi connectivity index (χ1) is 9.17. The molecule has 1 saturated heterocycles. The van der Waals surface area contributed by atoms with Crippen molar-refractivity contribution in [3.63, 3.8) is 0 Å². The quantitative estimate of drug-likeness (QED) is 0.834. The van der Waals surface area contributed by atoms with Crippen molar-refractivity contribution in [1.29, 1.82) is 0 Å². The Morgan fingerprint density at radius 1 is 1.05 bits per heavy atom. The van der Waals surface area contributed by atoms with E-state index in [4.69, 9.17) is 5.73 Å². The molecule has 0 atom stereocenters. The Kier molecular flexibility index (Phi) is 3.81. The zero-order valence-electron chi connectivity index (χ0n) is 11.9. The number of nitrogens with zero attached hydrogens (tertiary/aromatic N) is 2. The summed E-state index contributed by atoms with van der Waals surface area (Å²) in [6, 6.07) is 0. The number of piperazine rings is 1. The highest BCUT2D eigenvalue weighted by atomic mass is 16.2. The maximum absolute atomic E-state index is 12.6. The molecule has 0 aromatic heterocycles. The summed E-state index contributed by atoms with van der Waals surface area (Å²) in [4.78, 5) is 17.1. The minimum Gasteiger partial charge on any atom is -0.339 e. The van der Waals surface area contributed by atoms with Gasteiger partial charge in [0.05, 0.1) is 5.54 Å². The normalized spacial score (nSPS) is 28.4. The van der Waals surface area contributed by atoms with Crippen molar-refractivity contribution in [1.82, 2.24) is 9.80 Å². The van der Waals surface area contributed by atoms with Gasteiger partial charge in [-0.05, 0) is 31.6 Å². The van der Waals surface area contributed by atoms with Gasteiger partial charge in [-0.15, -0.1) is 0 Å². The van der Waals surface area contributed by atoms with E-state index in [-0.39, 0.29) is 5.91 Å². The number of carbonyl (C=O) groups excluding carboxylic acids is 1. The van der Waals surface area contributed by atoms with Crippen LogP contribution in [0.4, 0.5) is 0 Å². The Bertz CT molecular complexity index is 326. The minimum absolute atomic E-state index is 0.221. The van der Waals surface area contributed by atoms with Crippen LogP contribution in [0.5, 0.6) is 0 Å². The summed E-state index contributed by atoms with van der Waals surface area (Å²) in [7, 11) is 0. The van der Waals surface area contributed by atoms with Gasteiger partial charge in [-0.3, -0.25) is 9.69 Å². The standard InChI is InChI=1S/C15H27N3O/c16-15(6-2-1-3-7-15)14(19)18-10-8-17(9-11-18)12-13-4-5-13/h13H,1-12,16H2. The molecule has 2 aliphatic carbocycles. The second-order valence-electron chi connectivity index (χ2n) is 6.75. The van der Waals surface area contributed by atoms with Gasteiger partial charge in [-0.25, -0.2) is 0 Å². The van der Waals surface area contributed by atoms with Crippen LogP contribution in [0.3, 0.4) is 0 Å². The van der Waals surface area contributed by atoms with Crippen LogP contribution < -0.4 is 5.73 Å². The van der Waals surface area contributed by atoms with Gasteiger partial charge in [0.25, 0.3) is 0 Å². The summed E-state index contributed by atoms with van der Waals surface area (Å²) in [6.45, 7) is 5.08. The van der Waals surface area contributed by atoms with Gasteiger partial charge < -0.3 is 10.6 Å². The van der Waals surface area contributed by atoms with Crippen molar-refractivity contribution >= 4 is 5.91 Å². The van der Waals surface area contributed by atoms with E-state index >= 15 is 0 Å². The van der Waals surface area contributed by atoms with E-state index < -0.39 is 5.54 Å². The van der Waals surface area contributed by atoms with Crippen molar-refractivity contribution in [3.8, 4) is 0 Å². The lowest BCUT2D eigenvalue weighted by molar-refractivity contribution is -0.140. The molecule has 3 rings (SSSR count). The Morgan fingerprint density at radius 2 is 1.68 bits per heavy atom. The topological polar surface area (TPSA) is 49.6 Å². The average molecular weight is 265 g/mol. The van der Waals surface area contributed by atoms with E-state index in [2.05, 4.69) is 4.90 Å². The average Bonchev–Trinajstić information content (AvgIpc) is 3.24. The molecular formula is C15H27N3O. The van der Waals surface area contributed by atoms with Crippen LogP contribution >= 0.6 is 0 Å². The number of carbonyl (C=O) groups is 1. The second kappa shape index (κ2) is 5.41. The number of hydrogen-bond acceptors (Lipinski definition) is 3. The van der Waals surface area contributed by atoms with E-state index in [1.807, 2.05) is 4.90 Å². The SMILES string of the molecule is NC1(C(=O)N2CCN(CC3CC3)CC2)CCCCC1. The summed E-state index contributed by atoms with van der Waals surface area (Å²) in [5, 5.41) is 0. The zero-order chi connectivity index (χ0) is 13.3. The van der Waals surface area contributed by atoms with Crippen LogP contribution in [0.1, 0.15) is 44.9 Å². The molecule has 4 heteroatoms. The van der Waals surface area contributed by atoms with Crippen molar-refractivity contribution in [2.75, 3.05) is 32.7 Å². The lowest BCUT2D eigenvalue weighted by Gasteiger charge is -2.41. The summed E-state index contributed by atoms with van der Waals surface area (Å²) >= 11 is 0. The molecule has 19 heavy (non-hydrogen) atoms. The van der Waals surface area contributed by atoms with E-state index in [0.717, 1.165) is 57.8 Å². The first kappa shape index (κ1) is 13.4. The molecule has 1 aliphatic heterocycles. The monoisotopic (exact) mass is 265 g/mol. The third-order valence-corrected chi connectivity index (χ3v) is 5.04. The molecule has 0 aromatic carbocycles. The Balaban J connectivity index is 1.50. The summed E-state index contributed by atoms with van der Waals surface area (Å²) in [5.41, 5.74) is 5.81. The summed E-state index contributed by atoms with van der Waals surface area (Å²) in [5.74, 6) is 1.17. The predicted molar refractivity (Wildman–Crippen MR) is 75.7 cm³/mol. The Hall–Kier alpha value is -0.610. The summed E-state index contributed by atoms with van der Waals surface area (Å²) < 4.78 is 0. The fraction of sp³-hybridized carbons (Fsp3) is 0.933. The maximum Gasteiger partial charge on any atom is 0.242 e. The first-order valence-corrected chi connectivity index (χ1v) is 7.98. The minimum atomic E-state index is -0.545. The van der Waals surface area contributed by atoms with Gasteiger partial charge in [-0.1, -0.05) is 19.3 Å². The third kappa shape index (κ3) is 3.11. The number of amides is 1. The molecule has 3 fully saturated rings. The molecule has 1 heterocycles. The molecule has 108 valence electrons. The van der Waals surface area contributed by atoms with Gasteiger partial charge >= 0.3 is 0 Å². The molecule has 0 aromatic rings. The van der Waals surface area contributed by atoms with Crippen LogP contribution in [0.2, 0.25) is 0 Å². The fourth-order valence-electron chi connectivity index (χ4n) is 3.51. The molecule has 0 radical (unpaired) electrons. The molecule has 2 saturated carbocycles. The molecule has 0 spiro atoms. The molecule has 3 aliphatic rings. The largest absolute Gasteiger partial charge is 0.339 e. The van der Waals surface area contributed by atoms with Gasteiger partial charge in [0.1, 0.15) is 0 Å². The van der Waals surface area contributed by atoms with Gasteiger partial charge in [0.2, 0.25) is 5.91 Å². The molecule has 0 unspecified atom stereocenters. The molecule has 4 nitrogen and oxygen atoms in total. The first-order valence-electron chi connectivity index (χ1n) is 7.98. The zero-order valence-corrected chi connectivity index (χ0v) is 11.9. The number of rotatable bonds is 3. The van der Waals surface area contributed by atoms with Crippen LogP contribution in [0.15, 0.2) is 0 Å². The number of nitrogens with two attached hydrogens (primary N) is 1. The highest BCUT2D eigenvalue weighted by Gasteiger charge is 2.39.